The predicted octanol–water partition coefficient (Wildman–Crippen LogP) is 2.46. The van der Waals surface area contributed by atoms with Crippen LogP contribution in [0.25, 0.3) is 11.4 Å². The normalized spacial score (nSPS) is 19.6. The summed E-state index contributed by atoms with van der Waals surface area (Å²) in [4.78, 5) is 11.8. The number of hydrogen-bond donors (Lipinski definition) is 3. The summed E-state index contributed by atoms with van der Waals surface area (Å²) in [7, 11) is -3.35. The minimum atomic E-state index is -3.35. The van der Waals surface area contributed by atoms with Crippen LogP contribution in [-0.4, -0.2) is 73.8 Å². The summed E-state index contributed by atoms with van der Waals surface area (Å²) in [6.45, 7) is 4.66. The number of benzene rings is 1. The van der Waals surface area contributed by atoms with Crippen molar-refractivity contribution in [2.24, 2.45) is 0 Å². The van der Waals surface area contributed by atoms with Crippen LogP contribution >= 0.6 is 12.2 Å². The quantitative estimate of drug-likeness (QED) is 0.355. The average Bonchev–Trinajstić information content (AvgIpc) is 2.78. The molecule has 0 amide bonds. The Morgan fingerprint density at radius 2 is 2.03 bits per heavy atom. The van der Waals surface area contributed by atoms with Crippen molar-refractivity contribution < 1.29 is 18.3 Å². The SMILES string of the molecule is C[C@H]1COCCN1c1cc(C2(S(C)(=O)=O)CCC2)nc(-c2ccc(NC(=S)NCCCO)cc2)n1. The lowest BCUT2D eigenvalue weighted by Gasteiger charge is -2.40. The molecule has 0 unspecified atom stereocenters. The number of aromatic nitrogens is 2. The second-order valence-corrected chi connectivity index (χ2v) is 11.9. The van der Waals surface area contributed by atoms with E-state index in [4.69, 9.17) is 32.0 Å². The van der Waals surface area contributed by atoms with E-state index in [1.54, 1.807) is 0 Å². The van der Waals surface area contributed by atoms with Gasteiger partial charge in [0, 0.05) is 43.3 Å². The molecule has 2 fully saturated rings. The topological polar surface area (TPSA) is 117 Å². The molecule has 1 atom stereocenters. The second-order valence-electron chi connectivity index (χ2n) is 9.21. The van der Waals surface area contributed by atoms with Crippen molar-refractivity contribution in [1.29, 1.82) is 0 Å². The third-order valence-corrected chi connectivity index (χ3v) is 9.02. The number of thiocarbonyl (C=S) groups is 1. The third kappa shape index (κ3) is 5.58. The van der Waals surface area contributed by atoms with Crippen LogP contribution in [0, 0.1) is 0 Å². The zero-order chi connectivity index (χ0) is 25.1. The first-order valence-electron chi connectivity index (χ1n) is 11.9. The predicted molar refractivity (Wildman–Crippen MR) is 141 cm³/mol. The first-order chi connectivity index (χ1) is 16.7. The number of aliphatic hydroxyl groups is 1. The number of nitrogens with zero attached hydrogens (tertiary/aromatic N) is 3. The molecule has 190 valence electrons. The van der Waals surface area contributed by atoms with Crippen LogP contribution < -0.4 is 15.5 Å². The number of aliphatic hydroxyl groups excluding tert-OH is 1. The third-order valence-electron chi connectivity index (χ3n) is 6.73. The van der Waals surface area contributed by atoms with Gasteiger partial charge < -0.3 is 25.4 Å². The van der Waals surface area contributed by atoms with Crippen LogP contribution in [-0.2, 0) is 19.3 Å². The Balaban J connectivity index is 1.66. The Morgan fingerprint density at radius 1 is 1.29 bits per heavy atom. The highest BCUT2D eigenvalue weighted by Gasteiger charge is 2.49. The van der Waals surface area contributed by atoms with Crippen LogP contribution in [0.1, 0.15) is 38.3 Å². The number of morpholine rings is 1. The van der Waals surface area contributed by atoms with Gasteiger partial charge in [-0.3, -0.25) is 0 Å². The number of hydrogen-bond acceptors (Lipinski definition) is 8. The highest BCUT2D eigenvalue weighted by molar-refractivity contribution is 7.91. The summed E-state index contributed by atoms with van der Waals surface area (Å²) < 4.78 is 30.3. The zero-order valence-corrected chi connectivity index (χ0v) is 21.8. The summed E-state index contributed by atoms with van der Waals surface area (Å²) in [6, 6.07) is 9.56. The molecule has 9 nitrogen and oxygen atoms in total. The summed E-state index contributed by atoms with van der Waals surface area (Å²) in [5.74, 6) is 1.23. The lowest BCUT2D eigenvalue weighted by molar-refractivity contribution is 0.0985. The lowest BCUT2D eigenvalue weighted by Crippen LogP contribution is -2.45. The molecule has 0 radical (unpaired) electrons. The summed E-state index contributed by atoms with van der Waals surface area (Å²) in [5, 5.41) is 15.5. The Hall–Kier alpha value is -2.34. The summed E-state index contributed by atoms with van der Waals surface area (Å²) in [5.41, 5.74) is 2.17. The van der Waals surface area contributed by atoms with Crippen LogP contribution in [0.4, 0.5) is 11.5 Å². The van der Waals surface area contributed by atoms with Crippen molar-refractivity contribution in [3.8, 4) is 11.4 Å². The first-order valence-corrected chi connectivity index (χ1v) is 14.2. The number of sulfone groups is 1. The number of ether oxygens (including phenoxy) is 1. The molecule has 2 aromatic rings. The molecule has 1 saturated heterocycles. The van der Waals surface area contributed by atoms with E-state index in [0.29, 0.717) is 62.2 Å². The monoisotopic (exact) mass is 519 g/mol. The van der Waals surface area contributed by atoms with Crippen LogP contribution in [0.5, 0.6) is 0 Å². The standard InChI is InChI=1S/C24H33N5O4S2/c1-17-16-33-14-12-29(17)21-15-20(24(9-3-10-24)35(2,31)32)27-22(28-21)18-5-7-19(8-6-18)26-23(34)25-11-4-13-30/h5-8,15,17,30H,3-4,9-14,16H2,1-2H3,(H2,25,26,34)/t17-/m0/s1. The van der Waals surface area contributed by atoms with Crippen molar-refractivity contribution in [2.45, 2.75) is 43.4 Å². The lowest BCUT2D eigenvalue weighted by atomic mass is 9.81. The molecule has 0 bridgehead atoms. The highest BCUT2D eigenvalue weighted by atomic mass is 32.2. The fourth-order valence-electron chi connectivity index (χ4n) is 4.49. The molecule has 1 aromatic carbocycles. The van der Waals surface area contributed by atoms with Gasteiger partial charge >= 0.3 is 0 Å². The van der Waals surface area contributed by atoms with E-state index >= 15 is 0 Å². The van der Waals surface area contributed by atoms with Gasteiger partial charge in [0.05, 0.1) is 24.9 Å². The van der Waals surface area contributed by atoms with E-state index in [1.807, 2.05) is 30.3 Å². The van der Waals surface area contributed by atoms with Gasteiger partial charge in [-0.05, 0) is 69.1 Å². The van der Waals surface area contributed by atoms with Crippen LogP contribution in [0.2, 0.25) is 0 Å². The Morgan fingerprint density at radius 3 is 2.63 bits per heavy atom. The van der Waals surface area contributed by atoms with E-state index < -0.39 is 14.6 Å². The Bertz CT molecular complexity index is 1150. The van der Waals surface area contributed by atoms with Gasteiger partial charge in [-0.25, -0.2) is 18.4 Å². The van der Waals surface area contributed by atoms with E-state index in [9.17, 15) is 8.42 Å². The second kappa shape index (κ2) is 10.7. The first kappa shape index (κ1) is 25.7. The van der Waals surface area contributed by atoms with Gasteiger partial charge in [-0.2, -0.15) is 0 Å². The number of rotatable bonds is 8. The minimum absolute atomic E-state index is 0.106. The van der Waals surface area contributed by atoms with Crippen LogP contribution in [0.15, 0.2) is 30.3 Å². The molecule has 2 aliphatic rings. The molecule has 1 aromatic heterocycles. The van der Waals surface area contributed by atoms with E-state index in [0.717, 1.165) is 23.5 Å². The fraction of sp³-hybridized carbons (Fsp3) is 0.542. The number of nitrogens with one attached hydrogen (secondary N) is 2. The van der Waals surface area contributed by atoms with E-state index in [-0.39, 0.29) is 12.6 Å². The molecular formula is C24H33N5O4S2. The Kier molecular flexibility index (Phi) is 7.89. The highest BCUT2D eigenvalue weighted by Crippen LogP contribution is 2.48. The van der Waals surface area contributed by atoms with Gasteiger partial charge in [0.2, 0.25) is 0 Å². The molecule has 0 spiro atoms. The largest absolute Gasteiger partial charge is 0.396 e. The summed E-state index contributed by atoms with van der Waals surface area (Å²) >= 11 is 5.29. The molecule has 2 heterocycles. The summed E-state index contributed by atoms with van der Waals surface area (Å²) in [6.07, 6.45) is 3.94. The van der Waals surface area contributed by atoms with Gasteiger partial charge in [-0.1, -0.05) is 0 Å². The van der Waals surface area contributed by atoms with Gasteiger partial charge in [0.1, 0.15) is 10.6 Å². The Labute approximate surface area is 212 Å². The van der Waals surface area contributed by atoms with Crippen molar-refractivity contribution in [2.75, 3.05) is 49.4 Å². The molecule has 4 rings (SSSR count). The maximum absolute atomic E-state index is 12.8. The molecule has 1 saturated carbocycles. The molecular weight excluding hydrogens is 486 g/mol. The van der Waals surface area contributed by atoms with Crippen molar-refractivity contribution in [1.82, 2.24) is 15.3 Å². The van der Waals surface area contributed by atoms with Gasteiger partial charge in [0.15, 0.2) is 20.8 Å². The minimum Gasteiger partial charge on any atom is -0.396 e. The maximum atomic E-state index is 12.8. The van der Waals surface area contributed by atoms with Gasteiger partial charge in [0.25, 0.3) is 0 Å². The molecule has 11 heteroatoms. The van der Waals surface area contributed by atoms with Crippen molar-refractivity contribution >= 4 is 38.7 Å². The van der Waals surface area contributed by atoms with E-state index in [2.05, 4.69) is 22.5 Å². The maximum Gasteiger partial charge on any atom is 0.170 e. The zero-order valence-electron chi connectivity index (χ0n) is 20.2. The van der Waals surface area contributed by atoms with Crippen molar-refractivity contribution in [3.63, 3.8) is 0 Å². The smallest absolute Gasteiger partial charge is 0.170 e. The number of anilines is 2. The molecule has 35 heavy (non-hydrogen) atoms. The van der Waals surface area contributed by atoms with Gasteiger partial charge in [-0.15, -0.1) is 0 Å². The average molecular weight is 520 g/mol. The molecule has 3 N–H and O–H groups in total. The van der Waals surface area contributed by atoms with Crippen molar-refractivity contribution in [3.05, 3.63) is 36.0 Å². The fourth-order valence-corrected chi connectivity index (χ4v) is 6.22. The van der Waals surface area contributed by atoms with E-state index in [1.165, 1.54) is 6.26 Å². The molecule has 1 aliphatic carbocycles. The molecule has 1 aliphatic heterocycles. The van der Waals surface area contributed by atoms with Crippen LogP contribution in [0.3, 0.4) is 0 Å².